The van der Waals surface area contributed by atoms with E-state index in [9.17, 15) is 18.0 Å². The molecule has 1 aliphatic carbocycles. The minimum Gasteiger partial charge on any atom is -0.352 e. The summed E-state index contributed by atoms with van der Waals surface area (Å²) in [6.07, 6.45) is 4.29. The Hall–Kier alpha value is -4.01. The van der Waals surface area contributed by atoms with Gasteiger partial charge in [0, 0.05) is 26.1 Å². The molecule has 1 atom stereocenters. The van der Waals surface area contributed by atoms with E-state index in [1.54, 1.807) is 23.1 Å². The van der Waals surface area contributed by atoms with Gasteiger partial charge in [-0.15, -0.1) is 0 Å². The van der Waals surface area contributed by atoms with Crippen molar-refractivity contribution in [2.75, 3.05) is 13.6 Å². The molecule has 1 aliphatic rings. The van der Waals surface area contributed by atoms with Gasteiger partial charge >= 0.3 is 0 Å². The number of sulfonamides is 1. The molecule has 0 spiro atoms. The van der Waals surface area contributed by atoms with Gasteiger partial charge in [-0.2, -0.15) is 4.31 Å². The zero-order valence-corrected chi connectivity index (χ0v) is 24.7. The second-order valence-corrected chi connectivity index (χ2v) is 13.0. The first-order valence-electron chi connectivity index (χ1n) is 14.4. The van der Waals surface area contributed by atoms with Crippen LogP contribution in [0.4, 0.5) is 0 Å². The zero-order valence-electron chi connectivity index (χ0n) is 23.9. The van der Waals surface area contributed by atoms with E-state index >= 15 is 0 Å². The first-order valence-corrected chi connectivity index (χ1v) is 15.9. The molecule has 2 amide bonds. The first kappa shape index (κ1) is 29.5. The van der Waals surface area contributed by atoms with Crippen LogP contribution in [0.2, 0.25) is 0 Å². The summed E-state index contributed by atoms with van der Waals surface area (Å²) in [4.78, 5) is 29.6. The fourth-order valence-electron chi connectivity index (χ4n) is 5.58. The molecular weight excluding hydrogens is 546 g/mol. The van der Waals surface area contributed by atoms with Crippen molar-refractivity contribution in [2.24, 2.45) is 0 Å². The second kappa shape index (κ2) is 13.3. The summed E-state index contributed by atoms with van der Waals surface area (Å²) in [6, 6.07) is 30.9. The third-order valence-electron chi connectivity index (χ3n) is 7.96. The molecule has 0 aliphatic heterocycles. The SMILES string of the molecule is CN(CC(=O)N(Cc1ccccc1)C(Cc1ccccc1)C(=O)NC1CCCC1)S(=O)(=O)c1ccc2ccccc2c1. The lowest BCUT2D eigenvalue weighted by molar-refractivity contribution is -0.141. The number of hydrogen-bond acceptors (Lipinski definition) is 4. The Morgan fingerprint density at radius 1 is 0.810 bits per heavy atom. The average Bonchev–Trinajstić information content (AvgIpc) is 3.52. The molecule has 1 N–H and O–H groups in total. The molecule has 218 valence electrons. The third kappa shape index (κ3) is 7.06. The maximum Gasteiger partial charge on any atom is 0.243 e. The Balaban J connectivity index is 1.44. The van der Waals surface area contributed by atoms with E-state index in [-0.39, 0.29) is 23.4 Å². The van der Waals surface area contributed by atoms with Crippen LogP contribution in [-0.2, 0) is 32.6 Å². The van der Waals surface area contributed by atoms with E-state index in [4.69, 9.17) is 0 Å². The highest BCUT2D eigenvalue weighted by molar-refractivity contribution is 7.89. The lowest BCUT2D eigenvalue weighted by Gasteiger charge is -2.33. The van der Waals surface area contributed by atoms with Gasteiger partial charge in [0.2, 0.25) is 21.8 Å². The second-order valence-electron chi connectivity index (χ2n) is 11.0. The van der Waals surface area contributed by atoms with Crippen LogP contribution in [0.25, 0.3) is 10.8 Å². The highest BCUT2D eigenvalue weighted by Crippen LogP contribution is 2.23. The Kier molecular flexibility index (Phi) is 9.35. The summed E-state index contributed by atoms with van der Waals surface area (Å²) in [5.74, 6) is -0.650. The minimum absolute atomic E-state index is 0.0837. The van der Waals surface area contributed by atoms with E-state index in [0.717, 1.165) is 51.9 Å². The Morgan fingerprint density at radius 2 is 1.40 bits per heavy atom. The molecule has 7 nitrogen and oxygen atoms in total. The van der Waals surface area contributed by atoms with E-state index in [0.29, 0.717) is 6.42 Å². The fraction of sp³-hybridized carbons (Fsp3) is 0.294. The first-order chi connectivity index (χ1) is 20.3. The van der Waals surface area contributed by atoms with Crippen molar-refractivity contribution in [2.45, 2.75) is 55.6 Å². The van der Waals surface area contributed by atoms with Gasteiger partial charge in [-0.05, 0) is 46.9 Å². The summed E-state index contributed by atoms with van der Waals surface area (Å²) in [6.45, 7) is -0.219. The van der Waals surface area contributed by atoms with Gasteiger partial charge in [0.1, 0.15) is 6.04 Å². The highest BCUT2D eigenvalue weighted by Gasteiger charge is 2.34. The van der Waals surface area contributed by atoms with Crippen LogP contribution < -0.4 is 5.32 Å². The number of benzene rings is 4. The number of rotatable bonds is 11. The van der Waals surface area contributed by atoms with E-state index in [1.807, 2.05) is 84.9 Å². The fourth-order valence-corrected chi connectivity index (χ4v) is 6.73. The van der Waals surface area contributed by atoms with Gasteiger partial charge in [-0.3, -0.25) is 9.59 Å². The summed E-state index contributed by atoms with van der Waals surface area (Å²) < 4.78 is 28.3. The van der Waals surface area contributed by atoms with Gasteiger partial charge in [0.25, 0.3) is 0 Å². The molecule has 0 heterocycles. The smallest absolute Gasteiger partial charge is 0.243 e. The van der Waals surface area contributed by atoms with Gasteiger partial charge < -0.3 is 10.2 Å². The monoisotopic (exact) mass is 583 g/mol. The van der Waals surface area contributed by atoms with Crippen LogP contribution in [0.3, 0.4) is 0 Å². The Morgan fingerprint density at radius 3 is 2.07 bits per heavy atom. The predicted molar refractivity (Wildman–Crippen MR) is 165 cm³/mol. The number of carbonyl (C=O) groups is 2. The van der Waals surface area contributed by atoms with Crippen LogP contribution >= 0.6 is 0 Å². The van der Waals surface area contributed by atoms with Gasteiger partial charge in [-0.1, -0.05) is 104 Å². The molecule has 8 heteroatoms. The molecule has 1 fully saturated rings. The topological polar surface area (TPSA) is 86.8 Å². The molecule has 5 rings (SSSR count). The van der Waals surface area contributed by atoms with E-state index in [1.165, 1.54) is 7.05 Å². The van der Waals surface area contributed by atoms with E-state index < -0.39 is 28.5 Å². The Bertz CT molecular complexity index is 1620. The van der Waals surface area contributed by atoms with Gasteiger partial charge in [0.15, 0.2) is 0 Å². The predicted octanol–water partition coefficient (Wildman–Crippen LogP) is 5.16. The van der Waals surface area contributed by atoms with Crippen molar-refractivity contribution in [3.8, 4) is 0 Å². The number of nitrogens with zero attached hydrogens (tertiary/aromatic N) is 2. The summed E-state index contributed by atoms with van der Waals surface area (Å²) in [5, 5.41) is 4.92. The van der Waals surface area contributed by atoms with E-state index in [2.05, 4.69) is 5.32 Å². The molecule has 0 radical (unpaired) electrons. The molecule has 1 saturated carbocycles. The lowest BCUT2D eigenvalue weighted by Crippen LogP contribution is -2.54. The number of nitrogens with one attached hydrogen (secondary N) is 1. The number of hydrogen-bond donors (Lipinski definition) is 1. The normalized spacial score (nSPS) is 14.6. The molecule has 0 aromatic heterocycles. The molecule has 42 heavy (non-hydrogen) atoms. The number of fused-ring (bicyclic) bond motifs is 1. The van der Waals surface area contributed by atoms with Crippen LogP contribution in [-0.4, -0.2) is 55.1 Å². The van der Waals surface area contributed by atoms with Crippen molar-refractivity contribution in [3.63, 3.8) is 0 Å². The molecule has 0 saturated heterocycles. The minimum atomic E-state index is -3.97. The standard InChI is InChI=1S/C34H37N3O4S/c1-36(42(40,41)31-21-20-28-16-8-9-17-29(28)23-31)25-33(38)37(24-27-14-6-3-7-15-27)32(22-26-12-4-2-5-13-26)34(39)35-30-18-10-11-19-30/h2-9,12-17,20-21,23,30,32H,10-11,18-19,22,24-25H2,1H3,(H,35,39). The maximum absolute atomic E-state index is 14.1. The maximum atomic E-state index is 14.1. The molecular formula is C34H37N3O4S. The highest BCUT2D eigenvalue weighted by atomic mass is 32.2. The number of carbonyl (C=O) groups excluding carboxylic acids is 2. The summed E-state index contributed by atoms with van der Waals surface area (Å²) in [5.41, 5.74) is 1.78. The van der Waals surface area contributed by atoms with Crippen molar-refractivity contribution in [1.82, 2.24) is 14.5 Å². The number of amides is 2. The average molecular weight is 584 g/mol. The molecule has 4 aromatic rings. The van der Waals surface area contributed by atoms with Crippen LogP contribution in [0.15, 0.2) is 108 Å². The zero-order chi connectivity index (χ0) is 29.5. The lowest BCUT2D eigenvalue weighted by atomic mass is 10.0. The quantitative estimate of drug-likeness (QED) is 0.264. The third-order valence-corrected chi connectivity index (χ3v) is 9.75. The van der Waals surface area contributed by atoms with Crippen LogP contribution in [0.1, 0.15) is 36.8 Å². The van der Waals surface area contributed by atoms with Gasteiger partial charge in [0.05, 0.1) is 11.4 Å². The van der Waals surface area contributed by atoms with Crippen molar-refractivity contribution < 1.29 is 18.0 Å². The largest absolute Gasteiger partial charge is 0.352 e. The molecule has 1 unspecified atom stereocenters. The summed E-state index contributed by atoms with van der Waals surface area (Å²) >= 11 is 0. The van der Waals surface area contributed by atoms with Crippen LogP contribution in [0.5, 0.6) is 0 Å². The van der Waals surface area contributed by atoms with Crippen LogP contribution in [0, 0.1) is 0 Å². The number of likely N-dealkylation sites (N-methyl/N-ethyl adjacent to an activating group) is 1. The Labute approximate surface area is 248 Å². The van der Waals surface area contributed by atoms with Crippen molar-refractivity contribution in [3.05, 3.63) is 114 Å². The molecule has 4 aromatic carbocycles. The van der Waals surface area contributed by atoms with Gasteiger partial charge in [-0.25, -0.2) is 8.42 Å². The van der Waals surface area contributed by atoms with Crippen molar-refractivity contribution >= 4 is 32.6 Å². The van der Waals surface area contributed by atoms with Crippen molar-refractivity contribution in [1.29, 1.82) is 0 Å². The summed E-state index contributed by atoms with van der Waals surface area (Å²) in [7, 11) is -2.56. The molecule has 0 bridgehead atoms.